The van der Waals surface area contributed by atoms with Gasteiger partial charge in [0.2, 0.25) is 0 Å². The Hall–Kier alpha value is -3.09. The summed E-state index contributed by atoms with van der Waals surface area (Å²) in [6.45, 7) is 0. The molecular formula is C20H14O5S. The number of benzene rings is 4. The highest BCUT2D eigenvalue weighted by molar-refractivity contribution is 7.86. The van der Waals surface area contributed by atoms with Gasteiger partial charge in [-0.3, -0.25) is 4.55 Å². The first-order valence-corrected chi connectivity index (χ1v) is 9.25. The van der Waals surface area contributed by atoms with E-state index >= 15 is 0 Å². The van der Waals surface area contributed by atoms with Crippen molar-refractivity contribution in [3.8, 4) is 22.6 Å². The summed E-state index contributed by atoms with van der Waals surface area (Å²) in [5, 5.41) is 23.4. The SMILES string of the molecule is O=S(=O)(O)c1cc(O)c(-c2ccc3ccccc3c2O)c2ccccc12. The van der Waals surface area contributed by atoms with Crippen molar-refractivity contribution in [2.24, 2.45) is 0 Å². The molecule has 0 spiro atoms. The molecule has 0 atom stereocenters. The fraction of sp³-hybridized carbons (Fsp3) is 0. The van der Waals surface area contributed by atoms with E-state index in [0.29, 0.717) is 21.9 Å². The molecule has 3 N–H and O–H groups in total. The maximum atomic E-state index is 11.7. The van der Waals surface area contributed by atoms with Crippen molar-refractivity contribution in [2.75, 3.05) is 0 Å². The zero-order valence-corrected chi connectivity index (χ0v) is 14.2. The average Bonchev–Trinajstić information content (AvgIpc) is 2.62. The van der Waals surface area contributed by atoms with Crippen LogP contribution in [0.3, 0.4) is 0 Å². The summed E-state index contributed by atoms with van der Waals surface area (Å²) < 4.78 is 32.8. The van der Waals surface area contributed by atoms with Crippen LogP contribution in [0.1, 0.15) is 0 Å². The Morgan fingerprint density at radius 2 is 1.35 bits per heavy atom. The molecule has 0 aliphatic carbocycles. The fourth-order valence-electron chi connectivity index (χ4n) is 3.28. The largest absolute Gasteiger partial charge is 0.507 e. The van der Waals surface area contributed by atoms with Gasteiger partial charge in [-0.25, -0.2) is 0 Å². The number of fused-ring (bicyclic) bond motifs is 2. The van der Waals surface area contributed by atoms with E-state index in [0.717, 1.165) is 11.5 Å². The van der Waals surface area contributed by atoms with Crippen molar-refractivity contribution in [1.29, 1.82) is 0 Å². The highest BCUT2D eigenvalue weighted by Crippen LogP contribution is 2.45. The van der Waals surface area contributed by atoms with Crippen LogP contribution in [0, 0.1) is 0 Å². The first-order chi connectivity index (χ1) is 12.4. The van der Waals surface area contributed by atoms with Crippen molar-refractivity contribution in [3.63, 3.8) is 0 Å². The summed E-state index contributed by atoms with van der Waals surface area (Å²) in [7, 11) is -4.52. The summed E-state index contributed by atoms with van der Waals surface area (Å²) in [6, 6.07) is 18.3. The number of phenols is 2. The summed E-state index contributed by atoms with van der Waals surface area (Å²) in [5.74, 6) is -0.356. The Kier molecular flexibility index (Phi) is 3.61. The topological polar surface area (TPSA) is 94.8 Å². The van der Waals surface area contributed by atoms with Gasteiger partial charge < -0.3 is 10.2 Å². The van der Waals surface area contributed by atoms with Crippen molar-refractivity contribution in [3.05, 3.63) is 66.7 Å². The Labute approximate surface area is 149 Å². The molecule has 0 aromatic heterocycles. The average molecular weight is 366 g/mol. The van der Waals surface area contributed by atoms with E-state index in [1.54, 1.807) is 42.5 Å². The zero-order chi connectivity index (χ0) is 18.5. The molecule has 130 valence electrons. The van der Waals surface area contributed by atoms with Gasteiger partial charge in [0, 0.05) is 28.0 Å². The lowest BCUT2D eigenvalue weighted by Crippen LogP contribution is -2.00. The number of rotatable bonds is 2. The van der Waals surface area contributed by atoms with Crippen molar-refractivity contribution in [1.82, 2.24) is 0 Å². The second kappa shape index (κ2) is 5.72. The molecule has 0 radical (unpaired) electrons. The summed E-state index contributed by atoms with van der Waals surface area (Å²) >= 11 is 0. The van der Waals surface area contributed by atoms with E-state index in [4.69, 9.17) is 0 Å². The minimum absolute atomic E-state index is 0.0110. The molecule has 0 saturated carbocycles. The maximum Gasteiger partial charge on any atom is 0.295 e. The van der Waals surface area contributed by atoms with Crippen molar-refractivity contribution in [2.45, 2.75) is 4.90 Å². The van der Waals surface area contributed by atoms with Crippen molar-refractivity contribution >= 4 is 31.7 Å². The third-order valence-electron chi connectivity index (χ3n) is 4.43. The first-order valence-electron chi connectivity index (χ1n) is 7.81. The van der Waals surface area contributed by atoms with Gasteiger partial charge >= 0.3 is 0 Å². The van der Waals surface area contributed by atoms with Crippen LogP contribution in [0.5, 0.6) is 11.5 Å². The second-order valence-electron chi connectivity index (χ2n) is 5.97. The molecular weight excluding hydrogens is 352 g/mol. The lowest BCUT2D eigenvalue weighted by molar-refractivity contribution is 0.467. The molecule has 0 saturated heterocycles. The Morgan fingerprint density at radius 1 is 0.731 bits per heavy atom. The van der Waals surface area contributed by atoms with E-state index in [-0.39, 0.29) is 21.8 Å². The number of aromatic hydroxyl groups is 2. The summed E-state index contributed by atoms with van der Waals surface area (Å²) in [5.41, 5.74) is 0.676. The van der Waals surface area contributed by atoms with Gasteiger partial charge in [-0.05, 0) is 16.8 Å². The molecule has 5 nitrogen and oxygen atoms in total. The smallest absolute Gasteiger partial charge is 0.295 e. The van der Waals surface area contributed by atoms with Gasteiger partial charge in [0.1, 0.15) is 16.4 Å². The monoisotopic (exact) mass is 366 g/mol. The van der Waals surface area contributed by atoms with Gasteiger partial charge in [-0.1, -0.05) is 54.6 Å². The van der Waals surface area contributed by atoms with Crippen LogP contribution in [0.15, 0.2) is 71.6 Å². The summed E-state index contributed by atoms with van der Waals surface area (Å²) in [6.07, 6.45) is 0. The lowest BCUT2D eigenvalue weighted by atomic mass is 9.94. The van der Waals surface area contributed by atoms with E-state index in [2.05, 4.69) is 0 Å². The third-order valence-corrected chi connectivity index (χ3v) is 5.33. The number of phenolic OH excluding ortho intramolecular Hbond substituents is 2. The van der Waals surface area contributed by atoms with Crippen LogP contribution in [0.25, 0.3) is 32.7 Å². The molecule has 0 aliphatic heterocycles. The second-order valence-corrected chi connectivity index (χ2v) is 7.36. The maximum absolute atomic E-state index is 11.7. The van der Waals surface area contributed by atoms with E-state index in [1.807, 2.05) is 18.2 Å². The van der Waals surface area contributed by atoms with Crippen molar-refractivity contribution < 1.29 is 23.2 Å². The standard InChI is InChI=1S/C20H14O5S/c21-17-11-18(26(23,24)25)14-7-3-4-8-15(14)19(17)16-10-9-12-5-1-2-6-13(12)20(16)22/h1-11,21-22H,(H,23,24,25). The molecule has 6 heteroatoms. The highest BCUT2D eigenvalue weighted by atomic mass is 32.2. The van der Waals surface area contributed by atoms with Crippen LogP contribution in [-0.2, 0) is 10.1 Å². The Balaban J connectivity index is 2.14. The first kappa shape index (κ1) is 16.4. The van der Waals surface area contributed by atoms with Gasteiger partial charge in [-0.2, -0.15) is 8.42 Å². The van der Waals surface area contributed by atoms with Crippen LogP contribution in [0.4, 0.5) is 0 Å². The van der Waals surface area contributed by atoms with Gasteiger partial charge in [0.05, 0.1) is 0 Å². The zero-order valence-electron chi connectivity index (χ0n) is 13.4. The molecule has 0 heterocycles. The minimum Gasteiger partial charge on any atom is -0.507 e. The molecule has 4 aromatic rings. The minimum atomic E-state index is -4.52. The molecule has 26 heavy (non-hydrogen) atoms. The summed E-state index contributed by atoms with van der Waals surface area (Å²) in [4.78, 5) is -0.380. The molecule has 4 rings (SSSR count). The van der Waals surface area contributed by atoms with Crippen LogP contribution >= 0.6 is 0 Å². The van der Waals surface area contributed by atoms with E-state index in [1.165, 1.54) is 0 Å². The van der Waals surface area contributed by atoms with Crippen LogP contribution < -0.4 is 0 Å². The molecule has 0 aliphatic rings. The van der Waals surface area contributed by atoms with Crippen LogP contribution in [-0.4, -0.2) is 23.2 Å². The van der Waals surface area contributed by atoms with E-state index in [9.17, 15) is 23.2 Å². The predicted octanol–water partition coefficient (Wildman–Crippen LogP) is 4.32. The molecule has 0 amide bonds. The number of hydrogen-bond acceptors (Lipinski definition) is 4. The van der Waals surface area contributed by atoms with Gasteiger partial charge in [0.25, 0.3) is 10.1 Å². The van der Waals surface area contributed by atoms with Gasteiger partial charge in [-0.15, -0.1) is 0 Å². The molecule has 0 bridgehead atoms. The predicted molar refractivity (Wildman–Crippen MR) is 100 cm³/mol. The van der Waals surface area contributed by atoms with Gasteiger partial charge in [0.15, 0.2) is 0 Å². The quantitative estimate of drug-likeness (QED) is 0.459. The highest BCUT2D eigenvalue weighted by Gasteiger charge is 2.22. The lowest BCUT2D eigenvalue weighted by Gasteiger charge is -2.14. The molecule has 4 aromatic carbocycles. The third kappa shape index (κ3) is 2.47. The number of hydrogen-bond donors (Lipinski definition) is 3. The van der Waals surface area contributed by atoms with E-state index < -0.39 is 10.1 Å². The molecule has 0 fully saturated rings. The fourth-order valence-corrected chi connectivity index (χ4v) is 4.00. The Morgan fingerprint density at radius 3 is 2.04 bits per heavy atom. The Bertz CT molecular complexity index is 1280. The molecule has 0 unspecified atom stereocenters. The normalized spacial score (nSPS) is 11.9. The van der Waals surface area contributed by atoms with Crippen LogP contribution in [0.2, 0.25) is 0 Å².